The van der Waals surface area contributed by atoms with E-state index < -0.39 is 11.9 Å². The minimum atomic E-state index is -0.672. The van der Waals surface area contributed by atoms with Crippen molar-refractivity contribution < 1.29 is 18.7 Å². The van der Waals surface area contributed by atoms with Crippen LogP contribution in [0, 0.1) is 5.92 Å². The second kappa shape index (κ2) is 8.19. The fraction of sp³-hybridized carbons (Fsp3) is 0.333. The molecule has 0 saturated carbocycles. The normalized spacial score (nSPS) is 11.8. The molecule has 0 radical (unpaired) electrons. The molecule has 0 spiro atoms. The summed E-state index contributed by atoms with van der Waals surface area (Å²) in [6, 6.07) is 9.59. The third kappa shape index (κ3) is 4.62. The lowest BCUT2D eigenvalue weighted by atomic mass is 10.0. The van der Waals surface area contributed by atoms with Gasteiger partial charge in [-0.2, -0.15) is 0 Å². The van der Waals surface area contributed by atoms with Crippen LogP contribution in [0.15, 0.2) is 47.1 Å². The van der Waals surface area contributed by atoms with Crippen LogP contribution in [-0.4, -0.2) is 24.5 Å². The van der Waals surface area contributed by atoms with Crippen LogP contribution in [0.2, 0.25) is 0 Å². The predicted octanol–water partition coefficient (Wildman–Crippen LogP) is 3.07. The summed E-state index contributed by atoms with van der Waals surface area (Å²) in [6.45, 7) is 6.22. The summed E-state index contributed by atoms with van der Waals surface area (Å²) in [4.78, 5) is 24.6. The molecule has 128 valence electrons. The van der Waals surface area contributed by atoms with Crippen molar-refractivity contribution in [1.82, 2.24) is 5.32 Å². The standard InChI is InChI=1S/C18H22N2O4/c1-4-23-14-9-7-13(8-10-14)19-18(22)16(12(2)3)20-17(21)15-6-5-11-24-15/h5-12,16H,4H2,1-3H3,(H,19,22)(H,20,21)/t16-/m0/s1. The molecule has 1 aromatic heterocycles. The molecule has 6 heteroatoms. The molecule has 0 aliphatic heterocycles. The van der Waals surface area contributed by atoms with Gasteiger partial charge in [0.25, 0.3) is 5.91 Å². The van der Waals surface area contributed by atoms with Gasteiger partial charge in [0.1, 0.15) is 11.8 Å². The van der Waals surface area contributed by atoms with Gasteiger partial charge in [-0.25, -0.2) is 0 Å². The molecular weight excluding hydrogens is 308 g/mol. The van der Waals surface area contributed by atoms with Crippen LogP contribution >= 0.6 is 0 Å². The molecule has 2 aromatic rings. The van der Waals surface area contributed by atoms with Crippen LogP contribution in [0.1, 0.15) is 31.3 Å². The Morgan fingerprint density at radius 1 is 1.17 bits per heavy atom. The first-order chi connectivity index (χ1) is 11.5. The molecule has 0 fully saturated rings. The molecule has 1 atom stereocenters. The summed E-state index contributed by atoms with van der Waals surface area (Å²) < 4.78 is 10.4. The Morgan fingerprint density at radius 2 is 1.88 bits per heavy atom. The van der Waals surface area contributed by atoms with Crippen molar-refractivity contribution in [1.29, 1.82) is 0 Å². The van der Waals surface area contributed by atoms with E-state index in [0.717, 1.165) is 5.75 Å². The number of carbonyl (C=O) groups is 2. The van der Waals surface area contributed by atoms with Crippen molar-refractivity contribution in [2.24, 2.45) is 5.92 Å². The number of hydrogen-bond donors (Lipinski definition) is 2. The Kier molecular flexibility index (Phi) is 6.01. The summed E-state index contributed by atoms with van der Waals surface area (Å²) in [5, 5.41) is 5.50. The van der Waals surface area contributed by atoms with Crippen molar-refractivity contribution in [3.8, 4) is 5.75 Å². The number of hydrogen-bond acceptors (Lipinski definition) is 4. The van der Waals surface area contributed by atoms with Crippen LogP contribution in [-0.2, 0) is 4.79 Å². The molecule has 6 nitrogen and oxygen atoms in total. The fourth-order valence-electron chi connectivity index (χ4n) is 2.18. The highest BCUT2D eigenvalue weighted by molar-refractivity contribution is 6.00. The zero-order chi connectivity index (χ0) is 17.5. The van der Waals surface area contributed by atoms with Gasteiger partial charge in [-0.05, 0) is 49.2 Å². The Balaban J connectivity index is 2.02. The second-order valence-corrected chi connectivity index (χ2v) is 5.62. The summed E-state index contributed by atoms with van der Waals surface area (Å²) in [6.07, 6.45) is 1.42. The highest BCUT2D eigenvalue weighted by atomic mass is 16.5. The first-order valence-electron chi connectivity index (χ1n) is 7.89. The Labute approximate surface area is 141 Å². The maximum Gasteiger partial charge on any atom is 0.287 e. The first kappa shape index (κ1) is 17.6. The molecular formula is C18H22N2O4. The van der Waals surface area contributed by atoms with Gasteiger partial charge in [0.15, 0.2) is 5.76 Å². The average molecular weight is 330 g/mol. The lowest BCUT2D eigenvalue weighted by Gasteiger charge is -2.21. The van der Waals surface area contributed by atoms with Gasteiger partial charge < -0.3 is 19.8 Å². The van der Waals surface area contributed by atoms with Crippen molar-refractivity contribution in [2.45, 2.75) is 26.8 Å². The molecule has 2 N–H and O–H groups in total. The number of rotatable bonds is 7. The zero-order valence-electron chi connectivity index (χ0n) is 14.0. The van der Waals surface area contributed by atoms with Gasteiger partial charge in [-0.15, -0.1) is 0 Å². The van der Waals surface area contributed by atoms with E-state index in [0.29, 0.717) is 12.3 Å². The zero-order valence-corrected chi connectivity index (χ0v) is 14.0. The minimum absolute atomic E-state index is 0.0772. The van der Waals surface area contributed by atoms with Crippen LogP contribution in [0.25, 0.3) is 0 Å². The van der Waals surface area contributed by atoms with Crippen molar-refractivity contribution in [2.75, 3.05) is 11.9 Å². The Bertz CT molecular complexity index is 663. The van der Waals surface area contributed by atoms with E-state index >= 15 is 0 Å². The summed E-state index contributed by atoms with van der Waals surface area (Å²) in [5.41, 5.74) is 0.640. The summed E-state index contributed by atoms with van der Waals surface area (Å²) >= 11 is 0. The lowest BCUT2D eigenvalue weighted by Crippen LogP contribution is -2.47. The van der Waals surface area contributed by atoms with E-state index in [2.05, 4.69) is 10.6 Å². The quantitative estimate of drug-likeness (QED) is 0.817. The van der Waals surface area contributed by atoms with Crippen LogP contribution in [0.5, 0.6) is 5.75 Å². The van der Waals surface area contributed by atoms with E-state index in [4.69, 9.17) is 9.15 Å². The molecule has 2 rings (SSSR count). The number of amides is 2. The topological polar surface area (TPSA) is 80.6 Å². The lowest BCUT2D eigenvalue weighted by molar-refractivity contribution is -0.118. The molecule has 1 heterocycles. The molecule has 1 aromatic carbocycles. The molecule has 0 aliphatic rings. The van der Waals surface area contributed by atoms with E-state index in [1.807, 2.05) is 20.8 Å². The highest BCUT2D eigenvalue weighted by Crippen LogP contribution is 2.16. The van der Waals surface area contributed by atoms with Crippen LogP contribution < -0.4 is 15.4 Å². The van der Waals surface area contributed by atoms with Crippen molar-refractivity contribution >= 4 is 17.5 Å². The highest BCUT2D eigenvalue weighted by Gasteiger charge is 2.25. The Hall–Kier alpha value is -2.76. The van der Waals surface area contributed by atoms with Gasteiger partial charge in [0.05, 0.1) is 12.9 Å². The van der Waals surface area contributed by atoms with Gasteiger partial charge in [-0.1, -0.05) is 13.8 Å². The number of carbonyl (C=O) groups excluding carboxylic acids is 2. The summed E-state index contributed by atoms with van der Waals surface area (Å²) in [7, 11) is 0. The number of benzene rings is 1. The smallest absolute Gasteiger partial charge is 0.287 e. The van der Waals surface area contributed by atoms with Gasteiger partial charge >= 0.3 is 0 Å². The fourth-order valence-corrected chi connectivity index (χ4v) is 2.18. The van der Waals surface area contributed by atoms with E-state index in [1.165, 1.54) is 6.26 Å². The van der Waals surface area contributed by atoms with Crippen molar-refractivity contribution in [3.05, 3.63) is 48.4 Å². The molecule has 24 heavy (non-hydrogen) atoms. The average Bonchev–Trinajstić information content (AvgIpc) is 3.08. The Morgan fingerprint density at radius 3 is 2.42 bits per heavy atom. The van der Waals surface area contributed by atoms with E-state index in [9.17, 15) is 9.59 Å². The van der Waals surface area contributed by atoms with Gasteiger partial charge in [0, 0.05) is 5.69 Å². The predicted molar refractivity (Wildman–Crippen MR) is 91.0 cm³/mol. The van der Waals surface area contributed by atoms with E-state index in [1.54, 1.807) is 36.4 Å². The van der Waals surface area contributed by atoms with Gasteiger partial charge in [-0.3, -0.25) is 9.59 Å². The van der Waals surface area contributed by atoms with E-state index in [-0.39, 0.29) is 17.6 Å². The largest absolute Gasteiger partial charge is 0.494 e. The monoisotopic (exact) mass is 330 g/mol. The number of anilines is 1. The van der Waals surface area contributed by atoms with Gasteiger partial charge in [0.2, 0.25) is 5.91 Å². The van der Waals surface area contributed by atoms with Crippen LogP contribution in [0.3, 0.4) is 0 Å². The third-order valence-corrected chi connectivity index (χ3v) is 3.41. The second-order valence-electron chi connectivity index (χ2n) is 5.62. The molecule has 0 aliphatic carbocycles. The maximum atomic E-state index is 12.5. The number of nitrogens with one attached hydrogen (secondary N) is 2. The maximum absolute atomic E-state index is 12.5. The molecule has 0 bridgehead atoms. The molecule has 0 unspecified atom stereocenters. The molecule has 2 amide bonds. The molecule has 0 saturated heterocycles. The number of furan rings is 1. The summed E-state index contributed by atoms with van der Waals surface area (Å²) in [5.74, 6) is 0.137. The third-order valence-electron chi connectivity index (χ3n) is 3.41. The van der Waals surface area contributed by atoms with Crippen molar-refractivity contribution in [3.63, 3.8) is 0 Å². The number of ether oxygens (including phenoxy) is 1. The van der Waals surface area contributed by atoms with Crippen LogP contribution in [0.4, 0.5) is 5.69 Å². The first-order valence-corrected chi connectivity index (χ1v) is 7.89. The minimum Gasteiger partial charge on any atom is -0.494 e. The SMILES string of the molecule is CCOc1ccc(NC(=O)[C@@H](NC(=O)c2ccco2)C(C)C)cc1.